The number of phosphoric ester groups is 2. The van der Waals surface area contributed by atoms with Crippen LogP contribution in [0.15, 0.2) is 122 Å². The Morgan fingerprint density at radius 1 is 0.296 bits per heavy atom. The molecule has 0 aliphatic carbocycles. The topological polar surface area (TPSA) is 237 Å². The molecule has 0 aliphatic heterocycles. The lowest BCUT2D eigenvalue weighted by Gasteiger charge is -2.21. The zero-order valence-electron chi connectivity index (χ0n) is 61.2. The summed E-state index contributed by atoms with van der Waals surface area (Å²) in [6, 6.07) is 0. The van der Waals surface area contributed by atoms with Crippen LogP contribution in [0.2, 0.25) is 0 Å². The summed E-state index contributed by atoms with van der Waals surface area (Å²) >= 11 is 0. The third kappa shape index (κ3) is 69.9. The van der Waals surface area contributed by atoms with Crippen LogP contribution in [0.3, 0.4) is 0 Å². The van der Waals surface area contributed by atoms with Crippen molar-refractivity contribution < 1.29 is 80.2 Å². The van der Waals surface area contributed by atoms with E-state index in [1.54, 1.807) is 0 Å². The zero-order chi connectivity index (χ0) is 71.8. The SMILES string of the molecule is CC/C=C\C/C=C\C/C=C\C/C=C\CCCCCCC(=O)OCC(COP(=O)(O)OCC(O)COP(=O)(O)OCC(COC(=O)CCCC/C=C\C/C=C\C/C=C\C/C=C\CC)OC(=O)CCCCCCC/C=C\CCCCCCCC)OC(=O)CCCCCCC/C=C\CCCC. The summed E-state index contributed by atoms with van der Waals surface area (Å²) in [5, 5.41) is 10.6. The number of phosphoric acid groups is 2. The van der Waals surface area contributed by atoms with E-state index in [0.29, 0.717) is 25.7 Å². The Morgan fingerprint density at radius 3 is 0.878 bits per heavy atom. The normalized spacial score (nSPS) is 14.6. The van der Waals surface area contributed by atoms with Crippen LogP contribution < -0.4 is 0 Å². The minimum Gasteiger partial charge on any atom is -0.462 e. The number of esters is 4. The number of rotatable bonds is 70. The lowest BCUT2D eigenvalue weighted by Crippen LogP contribution is -2.30. The zero-order valence-corrected chi connectivity index (χ0v) is 63.0. The fraction of sp³-hybridized carbons (Fsp3) is 0.696. The first kappa shape index (κ1) is 93.5. The smallest absolute Gasteiger partial charge is 0.462 e. The van der Waals surface area contributed by atoms with Crippen LogP contribution in [0.4, 0.5) is 0 Å². The summed E-state index contributed by atoms with van der Waals surface area (Å²) in [6.45, 7) is 4.50. The Hall–Kier alpha value is -4.54. The Kier molecular flexibility index (Phi) is 67.6. The molecule has 0 amide bonds. The van der Waals surface area contributed by atoms with E-state index in [9.17, 15) is 43.2 Å². The molecule has 0 spiro atoms. The number of carbonyl (C=O) groups excluding carboxylic acids is 4. The molecule has 562 valence electrons. The highest BCUT2D eigenvalue weighted by atomic mass is 31.2. The summed E-state index contributed by atoms with van der Waals surface area (Å²) in [5.74, 6) is -2.27. The molecule has 0 aliphatic rings. The van der Waals surface area contributed by atoms with Crippen molar-refractivity contribution in [1.29, 1.82) is 0 Å². The molecule has 0 aromatic carbocycles. The number of hydrogen-bond acceptors (Lipinski definition) is 15. The summed E-state index contributed by atoms with van der Waals surface area (Å²) in [4.78, 5) is 72.8. The summed E-state index contributed by atoms with van der Waals surface area (Å²) in [5.41, 5.74) is 0. The van der Waals surface area contributed by atoms with Gasteiger partial charge in [0.25, 0.3) is 0 Å². The fourth-order valence-corrected chi connectivity index (χ4v) is 11.2. The lowest BCUT2D eigenvalue weighted by molar-refractivity contribution is -0.161. The molecule has 0 aromatic heterocycles. The van der Waals surface area contributed by atoms with Crippen molar-refractivity contribution in [2.45, 2.75) is 316 Å². The van der Waals surface area contributed by atoms with Crippen molar-refractivity contribution >= 4 is 39.5 Å². The maximum atomic E-state index is 13.1. The molecule has 3 N–H and O–H groups in total. The van der Waals surface area contributed by atoms with Crippen LogP contribution in [0.25, 0.3) is 0 Å². The molecular formula is C79H134O17P2. The molecule has 0 radical (unpaired) electrons. The third-order valence-corrected chi connectivity index (χ3v) is 17.3. The fourth-order valence-electron chi connectivity index (χ4n) is 9.65. The van der Waals surface area contributed by atoms with Crippen molar-refractivity contribution in [2.75, 3.05) is 39.6 Å². The van der Waals surface area contributed by atoms with Crippen LogP contribution in [0.1, 0.15) is 297 Å². The Labute approximate surface area is 593 Å². The van der Waals surface area contributed by atoms with Crippen molar-refractivity contribution in [3.05, 3.63) is 122 Å². The highest BCUT2D eigenvalue weighted by Gasteiger charge is 2.30. The molecule has 0 fully saturated rings. The van der Waals surface area contributed by atoms with Gasteiger partial charge in [0.15, 0.2) is 12.2 Å². The summed E-state index contributed by atoms with van der Waals surface area (Å²) < 4.78 is 68.3. The van der Waals surface area contributed by atoms with Gasteiger partial charge < -0.3 is 33.8 Å². The predicted molar refractivity (Wildman–Crippen MR) is 399 cm³/mol. The number of carbonyl (C=O) groups is 4. The molecule has 17 nitrogen and oxygen atoms in total. The molecule has 0 rings (SSSR count). The van der Waals surface area contributed by atoms with Crippen LogP contribution in [-0.2, 0) is 65.4 Å². The highest BCUT2D eigenvalue weighted by Crippen LogP contribution is 2.45. The predicted octanol–water partition coefficient (Wildman–Crippen LogP) is 21.6. The van der Waals surface area contributed by atoms with E-state index < -0.39 is 97.5 Å². The van der Waals surface area contributed by atoms with E-state index in [4.69, 9.17) is 37.0 Å². The van der Waals surface area contributed by atoms with Gasteiger partial charge in [-0.2, -0.15) is 0 Å². The van der Waals surface area contributed by atoms with Gasteiger partial charge in [0, 0.05) is 25.7 Å². The van der Waals surface area contributed by atoms with Crippen LogP contribution >= 0.6 is 15.6 Å². The first-order valence-electron chi connectivity index (χ1n) is 37.8. The number of allylic oxidation sites excluding steroid dienone is 20. The maximum absolute atomic E-state index is 13.1. The van der Waals surface area contributed by atoms with Crippen molar-refractivity contribution in [3.8, 4) is 0 Å². The van der Waals surface area contributed by atoms with Gasteiger partial charge in [-0.15, -0.1) is 0 Å². The standard InChI is InChI=1S/C79H134O17P2/c1-5-9-13-17-21-25-29-32-35-36-39-41-45-48-52-56-60-64-77(82)89-69-74(95-78(83)65-61-57-53-49-43-28-24-20-16-12-8-4)71-93-97(85,86)91-67-73(80)68-92-98(87,88)94-72-75(96-79(84)66-62-58-54-50-46-42-38-34-31-27-23-19-15-11-7-3)70-90-76(81)63-59-55-51-47-44-40-37-33-30-26-22-18-14-10-6-2/h9-10,13-14,20-22,24-26,32-35,37-39,41,44,47,73-75,80H,5-8,11-12,15-19,23,27-31,36,40,42-43,45-46,48-72H2,1-4H3,(H,85,86)(H,87,88)/b13-9-,14-10-,24-20-,25-21-,26-22-,35-32-,37-33-,38-34-,41-39-,47-44-. The number of aliphatic hydroxyl groups excluding tert-OH is 1. The molecule has 0 saturated heterocycles. The highest BCUT2D eigenvalue weighted by molar-refractivity contribution is 7.47. The third-order valence-electron chi connectivity index (χ3n) is 15.4. The van der Waals surface area contributed by atoms with E-state index in [0.717, 1.165) is 167 Å². The number of unbranched alkanes of at least 4 members (excludes halogenated alkanes) is 24. The van der Waals surface area contributed by atoms with Gasteiger partial charge >= 0.3 is 39.5 Å². The van der Waals surface area contributed by atoms with E-state index in [1.807, 2.05) is 0 Å². The first-order valence-corrected chi connectivity index (χ1v) is 40.8. The molecule has 0 aromatic rings. The molecule has 19 heteroatoms. The molecule has 0 bridgehead atoms. The Balaban J connectivity index is 5.39. The van der Waals surface area contributed by atoms with Gasteiger partial charge in [-0.25, -0.2) is 9.13 Å². The van der Waals surface area contributed by atoms with Gasteiger partial charge in [0.2, 0.25) is 0 Å². The van der Waals surface area contributed by atoms with Crippen molar-refractivity contribution in [1.82, 2.24) is 0 Å². The molecular weight excluding hydrogens is 1280 g/mol. The minimum absolute atomic E-state index is 0.0738. The van der Waals surface area contributed by atoms with Gasteiger partial charge in [-0.3, -0.25) is 37.3 Å². The Morgan fingerprint density at radius 2 is 0.541 bits per heavy atom. The molecule has 5 atom stereocenters. The maximum Gasteiger partial charge on any atom is 0.472 e. The van der Waals surface area contributed by atoms with Crippen molar-refractivity contribution in [3.63, 3.8) is 0 Å². The molecule has 0 heterocycles. The van der Waals surface area contributed by atoms with Crippen LogP contribution in [0, 0.1) is 0 Å². The molecule has 0 saturated carbocycles. The second kappa shape index (κ2) is 70.9. The average molecular weight is 1420 g/mol. The van der Waals surface area contributed by atoms with E-state index >= 15 is 0 Å². The number of aliphatic hydroxyl groups is 1. The van der Waals surface area contributed by atoms with E-state index in [1.165, 1.54) is 51.4 Å². The summed E-state index contributed by atoms with van der Waals surface area (Å²) in [6.07, 6.45) is 76.3. The monoisotopic (exact) mass is 1420 g/mol. The van der Waals surface area contributed by atoms with Crippen LogP contribution in [0.5, 0.6) is 0 Å². The van der Waals surface area contributed by atoms with Crippen molar-refractivity contribution in [2.24, 2.45) is 0 Å². The van der Waals surface area contributed by atoms with Gasteiger partial charge in [-0.05, 0) is 148 Å². The van der Waals surface area contributed by atoms with Gasteiger partial charge in [0.05, 0.1) is 26.4 Å². The lowest BCUT2D eigenvalue weighted by atomic mass is 10.1. The quantitative estimate of drug-likeness (QED) is 0.0169. The number of ether oxygens (including phenoxy) is 4. The molecule has 5 unspecified atom stereocenters. The summed E-state index contributed by atoms with van der Waals surface area (Å²) in [7, 11) is -9.97. The van der Waals surface area contributed by atoms with Crippen LogP contribution in [-0.4, -0.2) is 96.7 Å². The van der Waals surface area contributed by atoms with E-state index in [-0.39, 0.29) is 25.7 Å². The van der Waals surface area contributed by atoms with Gasteiger partial charge in [0.1, 0.15) is 19.3 Å². The van der Waals surface area contributed by atoms with Gasteiger partial charge in [-0.1, -0.05) is 246 Å². The first-order chi connectivity index (χ1) is 47.7. The average Bonchev–Trinajstić information content (AvgIpc) is 0.986. The van der Waals surface area contributed by atoms with E-state index in [2.05, 4.69) is 149 Å². The number of hydrogen-bond donors (Lipinski definition) is 3. The Bertz CT molecular complexity index is 2340. The largest absolute Gasteiger partial charge is 0.472 e. The minimum atomic E-state index is -4.99. The second-order valence-electron chi connectivity index (χ2n) is 24.8. The molecule has 98 heavy (non-hydrogen) atoms. The second-order valence-corrected chi connectivity index (χ2v) is 27.7.